The van der Waals surface area contributed by atoms with Crippen LogP contribution in [0.1, 0.15) is 19.8 Å². The minimum absolute atomic E-state index is 0.362. The van der Waals surface area contributed by atoms with E-state index in [-0.39, 0.29) is 11.7 Å². The number of benzene rings is 1. The first-order valence-electron chi connectivity index (χ1n) is 6.44. The standard InChI is InChI=1S/C14H16FNO4/c1-9(20-11-6-4-10(15)5-7-11)13(17)16-8-2-3-12(16)14(18)19/h4-7,9,12H,2-3,8H2,1H3,(H,18,19)/t9?,12-/m0/s1. The number of carbonyl (C=O) groups excluding carboxylic acids is 1. The number of halogens is 1. The molecule has 1 amide bonds. The number of amides is 1. The average Bonchev–Trinajstić information content (AvgIpc) is 2.90. The summed E-state index contributed by atoms with van der Waals surface area (Å²) in [5.74, 6) is -1.37. The van der Waals surface area contributed by atoms with Crippen LogP contribution in [0.3, 0.4) is 0 Å². The maximum atomic E-state index is 12.8. The summed E-state index contributed by atoms with van der Waals surface area (Å²) in [5.41, 5.74) is 0. The Morgan fingerprint density at radius 3 is 2.65 bits per heavy atom. The van der Waals surface area contributed by atoms with Gasteiger partial charge in [0.2, 0.25) is 0 Å². The number of aliphatic carboxylic acids is 1. The third-order valence-electron chi connectivity index (χ3n) is 3.30. The maximum absolute atomic E-state index is 12.8. The molecule has 0 aromatic heterocycles. The van der Waals surface area contributed by atoms with Gasteiger partial charge >= 0.3 is 5.97 Å². The van der Waals surface area contributed by atoms with Crippen molar-refractivity contribution in [2.75, 3.05) is 6.54 Å². The van der Waals surface area contributed by atoms with E-state index >= 15 is 0 Å². The van der Waals surface area contributed by atoms with Crippen molar-refractivity contribution < 1.29 is 23.8 Å². The summed E-state index contributed by atoms with van der Waals surface area (Å²) in [4.78, 5) is 24.6. The summed E-state index contributed by atoms with van der Waals surface area (Å²) in [6, 6.07) is 4.56. The number of rotatable bonds is 4. The van der Waals surface area contributed by atoms with E-state index in [1.54, 1.807) is 6.92 Å². The van der Waals surface area contributed by atoms with Crippen molar-refractivity contribution >= 4 is 11.9 Å². The van der Waals surface area contributed by atoms with Gasteiger partial charge in [-0.2, -0.15) is 0 Å². The fraction of sp³-hybridized carbons (Fsp3) is 0.429. The molecule has 1 unspecified atom stereocenters. The van der Waals surface area contributed by atoms with Gasteiger partial charge in [0.15, 0.2) is 6.10 Å². The normalized spacial score (nSPS) is 19.7. The van der Waals surface area contributed by atoms with E-state index in [9.17, 15) is 14.0 Å². The van der Waals surface area contributed by atoms with E-state index in [0.717, 1.165) is 0 Å². The molecule has 5 nitrogen and oxygen atoms in total. The van der Waals surface area contributed by atoms with Gasteiger partial charge in [0, 0.05) is 6.54 Å². The van der Waals surface area contributed by atoms with Gasteiger partial charge in [-0.1, -0.05) is 0 Å². The first-order chi connectivity index (χ1) is 9.49. The Kier molecular flexibility index (Phi) is 4.22. The van der Waals surface area contributed by atoms with Crippen molar-refractivity contribution in [2.24, 2.45) is 0 Å². The first-order valence-corrected chi connectivity index (χ1v) is 6.44. The summed E-state index contributed by atoms with van der Waals surface area (Å²) >= 11 is 0. The highest BCUT2D eigenvalue weighted by atomic mass is 19.1. The third-order valence-corrected chi connectivity index (χ3v) is 3.30. The highest BCUT2D eigenvalue weighted by molar-refractivity contribution is 5.86. The predicted molar refractivity (Wildman–Crippen MR) is 68.9 cm³/mol. The number of ether oxygens (including phenoxy) is 1. The summed E-state index contributed by atoms with van der Waals surface area (Å²) in [5, 5.41) is 9.06. The van der Waals surface area contributed by atoms with E-state index in [1.165, 1.54) is 29.2 Å². The molecule has 1 aliphatic heterocycles. The van der Waals surface area contributed by atoms with E-state index in [4.69, 9.17) is 9.84 Å². The molecule has 1 aromatic rings. The molecule has 1 aromatic carbocycles. The van der Waals surface area contributed by atoms with E-state index in [2.05, 4.69) is 0 Å². The van der Waals surface area contributed by atoms with Gasteiger partial charge in [-0.25, -0.2) is 9.18 Å². The quantitative estimate of drug-likeness (QED) is 0.911. The Morgan fingerprint density at radius 2 is 2.05 bits per heavy atom. The molecule has 2 atom stereocenters. The Bertz CT molecular complexity index is 502. The summed E-state index contributed by atoms with van der Waals surface area (Å²) < 4.78 is 18.2. The smallest absolute Gasteiger partial charge is 0.326 e. The average molecular weight is 281 g/mol. The highest BCUT2D eigenvalue weighted by Gasteiger charge is 2.36. The summed E-state index contributed by atoms with van der Waals surface area (Å²) in [6.07, 6.45) is 0.330. The zero-order valence-electron chi connectivity index (χ0n) is 11.1. The third kappa shape index (κ3) is 3.07. The van der Waals surface area contributed by atoms with Crippen LogP contribution in [0, 0.1) is 5.82 Å². The van der Waals surface area contributed by atoms with Crippen LogP contribution < -0.4 is 4.74 Å². The van der Waals surface area contributed by atoms with Crippen molar-refractivity contribution in [3.05, 3.63) is 30.1 Å². The van der Waals surface area contributed by atoms with Gasteiger partial charge in [0.05, 0.1) is 0 Å². The van der Waals surface area contributed by atoms with Gasteiger partial charge in [0.1, 0.15) is 17.6 Å². The van der Waals surface area contributed by atoms with E-state index in [1.807, 2.05) is 0 Å². The second-order valence-electron chi connectivity index (χ2n) is 4.74. The van der Waals surface area contributed by atoms with Gasteiger partial charge in [0.25, 0.3) is 5.91 Å². The maximum Gasteiger partial charge on any atom is 0.326 e. The van der Waals surface area contributed by atoms with Gasteiger partial charge in [-0.3, -0.25) is 4.79 Å². The molecule has 6 heteroatoms. The number of nitrogens with zero attached hydrogens (tertiary/aromatic N) is 1. The number of carboxylic acid groups (broad SMARTS) is 1. The van der Waals surface area contributed by atoms with Crippen LogP contribution in [0.4, 0.5) is 4.39 Å². The molecule has 1 N–H and O–H groups in total. The molecule has 0 spiro atoms. The summed E-state index contributed by atoms with van der Waals surface area (Å²) in [6.45, 7) is 1.98. The molecule has 20 heavy (non-hydrogen) atoms. The Labute approximate surface area is 116 Å². The topological polar surface area (TPSA) is 66.8 Å². The highest BCUT2D eigenvalue weighted by Crippen LogP contribution is 2.20. The number of carbonyl (C=O) groups is 2. The number of hydrogen-bond donors (Lipinski definition) is 1. The van der Waals surface area contributed by atoms with E-state index in [0.29, 0.717) is 25.1 Å². The zero-order chi connectivity index (χ0) is 14.7. The van der Waals surface area contributed by atoms with Crippen LogP contribution in [0.15, 0.2) is 24.3 Å². The molecule has 2 rings (SSSR count). The Balaban J connectivity index is 2.01. The minimum atomic E-state index is -0.996. The largest absolute Gasteiger partial charge is 0.481 e. The molecular formula is C14H16FNO4. The monoisotopic (exact) mass is 281 g/mol. The van der Waals surface area contributed by atoms with E-state index < -0.39 is 18.1 Å². The molecule has 1 aliphatic rings. The molecule has 1 heterocycles. The number of likely N-dealkylation sites (tertiary alicyclic amines) is 1. The lowest BCUT2D eigenvalue weighted by Gasteiger charge is -2.25. The number of hydrogen-bond acceptors (Lipinski definition) is 3. The first kappa shape index (κ1) is 14.3. The molecule has 108 valence electrons. The summed E-state index contributed by atoms with van der Waals surface area (Å²) in [7, 11) is 0. The molecular weight excluding hydrogens is 265 g/mol. The predicted octanol–water partition coefficient (Wildman–Crippen LogP) is 1.67. The van der Waals surface area contributed by atoms with Crippen LogP contribution in [-0.4, -0.2) is 40.6 Å². The van der Waals surface area contributed by atoms with Gasteiger partial charge in [-0.05, 0) is 44.0 Å². The Morgan fingerprint density at radius 1 is 1.40 bits per heavy atom. The lowest BCUT2D eigenvalue weighted by atomic mass is 10.2. The number of carboxylic acids is 1. The fourth-order valence-electron chi connectivity index (χ4n) is 2.29. The van der Waals surface area contributed by atoms with Crippen LogP contribution in [0.2, 0.25) is 0 Å². The molecule has 1 fully saturated rings. The van der Waals surface area contributed by atoms with Crippen molar-refractivity contribution in [3.63, 3.8) is 0 Å². The van der Waals surface area contributed by atoms with Gasteiger partial charge in [-0.15, -0.1) is 0 Å². The fourth-order valence-corrected chi connectivity index (χ4v) is 2.29. The van der Waals surface area contributed by atoms with Crippen LogP contribution in [0.5, 0.6) is 5.75 Å². The molecule has 0 aliphatic carbocycles. The lowest BCUT2D eigenvalue weighted by Crippen LogP contribution is -2.46. The van der Waals surface area contributed by atoms with Crippen LogP contribution >= 0.6 is 0 Å². The molecule has 0 radical (unpaired) electrons. The SMILES string of the molecule is CC(Oc1ccc(F)cc1)C(=O)N1CCC[C@H]1C(=O)O. The molecule has 0 bridgehead atoms. The van der Waals surface area contributed by atoms with Crippen molar-refractivity contribution in [2.45, 2.75) is 31.9 Å². The van der Waals surface area contributed by atoms with Crippen molar-refractivity contribution in [1.29, 1.82) is 0 Å². The second-order valence-corrected chi connectivity index (χ2v) is 4.74. The van der Waals surface area contributed by atoms with Crippen molar-refractivity contribution in [1.82, 2.24) is 4.90 Å². The molecule has 0 saturated carbocycles. The second kappa shape index (κ2) is 5.90. The zero-order valence-corrected chi connectivity index (χ0v) is 11.1. The van der Waals surface area contributed by atoms with Crippen LogP contribution in [-0.2, 0) is 9.59 Å². The van der Waals surface area contributed by atoms with Crippen molar-refractivity contribution in [3.8, 4) is 5.75 Å². The Hall–Kier alpha value is -2.11. The molecule has 1 saturated heterocycles. The minimum Gasteiger partial charge on any atom is -0.481 e. The van der Waals surface area contributed by atoms with Gasteiger partial charge < -0.3 is 14.7 Å². The van der Waals surface area contributed by atoms with Crippen LogP contribution in [0.25, 0.3) is 0 Å². The lowest BCUT2D eigenvalue weighted by molar-refractivity contribution is -0.150.